The van der Waals surface area contributed by atoms with E-state index in [0.29, 0.717) is 5.69 Å². The summed E-state index contributed by atoms with van der Waals surface area (Å²) in [6.45, 7) is 2.59. The normalized spacial score (nSPS) is 14.6. The summed E-state index contributed by atoms with van der Waals surface area (Å²) in [7, 11) is 0. The summed E-state index contributed by atoms with van der Waals surface area (Å²) < 4.78 is 28.0. The van der Waals surface area contributed by atoms with Crippen LogP contribution in [0, 0.1) is 11.6 Å². The molecule has 3 aromatic rings. The number of nitrogens with one attached hydrogen (secondary N) is 1. The van der Waals surface area contributed by atoms with E-state index in [9.17, 15) is 8.78 Å². The predicted molar refractivity (Wildman–Crippen MR) is 90.4 cm³/mol. The lowest BCUT2D eigenvalue weighted by atomic mass is 10.1. The Labute approximate surface area is 139 Å². The van der Waals surface area contributed by atoms with E-state index in [1.165, 1.54) is 23.8 Å². The highest BCUT2D eigenvalue weighted by Crippen LogP contribution is 2.30. The molecule has 0 fully saturated rings. The van der Waals surface area contributed by atoms with E-state index < -0.39 is 11.6 Å². The van der Waals surface area contributed by atoms with E-state index in [0.717, 1.165) is 37.3 Å². The fraction of sp³-hybridized carbons (Fsp3) is 0.200. The van der Waals surface area contributed by atoms with Crippen molar-refractivity contribution in [2.75, 3.05) is 6.54 Å². The number of fused-ring (bicyclic) bond motifs is 1. The number of aromatic amines is 1. The molecule has 2 heterocycles. The summed E-state index contributed by atoms with van der Waals surface area (Å²) in [6, 6.07) is 16.2. The third-order valence-corrected chi connectivity index (χ3v) is 4.55. The molecule has 0 spiro atoms. The maximum absolute atomic E-state index is 14.0. The van der Waals surface area contributed by atoms with Gasteiger partial charge in [0.25, 0.3) is 0 Å². The van der Waals surface area contributed by atoms with Crippen molar-refractivity contribution in [3.63, 3.8) is 0 Å². The van der Waals surface area contributed by atoms with Crippen LogP contribution in [-0.2, 0) is 19.5 Å². The number of benzene rings is 2. The van der Waals surface area contributed by atoms with Gasteiger partial charge in [-0.15, -0.1) is 0 Å². The van der Waals surface area contributed by atoms with Crippen molar-refractivity contribution in [1.29, 1.82) is 0 Å². The van der Waals surface area contributed by atoms with Crippen molar-refractivity contribution in [3.05, 3.63) is 83.1 Å². The van der Waals surface area contributed by atoms with E-state index in [-0.39, 0.29) is 5.56 Å². The van der Waals surface area contributed by atoms with Gasteiger partial charge < -0.3 is 4.98 Å². The highest BCUT2D eigenvalue weighted by Gasteiger charge is 2.21. The van der Waals surface area contributed by atoms with Crippen LogP contribution in [0.1, 0.15) is 16.8 Å². The number of nitrogens with zero attached hydrogens (tertiary/aromatic N) is 1. The van der Waals surface area contributed by atoms with Crippen LogP contribution in [0.25, 0.3) is 11.3 Å². The van der Waals surface area contributed by atoms with E-state index in [1.54, 1.807) is 0 Å². The van der Waals surface area contributed by atoms with Gasteiger partial charge in [0.2, 0.25) is 0 Å². The predicted octanol–water partition coefficient (Wildman–Crippen LogP) is 4.52. The van der Waals surface area contributed by atoms with Crippen LogP contribution < -0.4 is 0 Å². The Balaban J connectivity index is 1.58. The molecule has 24 heavy (non-hydrogen) atoms. The lowest BCUT2D eigenvalue weighted by Gasteiger charge is -2.26. The molecule has 122 valence electrons. The second-order valence-electron chi connectivity index (χ2n) is 6.23. The number of halogens is 2. The first-order valence-electron chi connectivity index (χ1n) is 8.12. The molecule has 1 aliphatic rings. The molecule has 0 saturated carbocycles. The largest absolute Gasteiger partial charge is 0.357 e. The average Bonchev–Trinajstić information content (AvgIpc) is 2.98. The molecule has 0 amide bonds. The fourth-order valence-electron chi connectivity index (χ4n) is 3.35. The van der Waals surface area contributed by atoms with Gasteiger partial charge in [-0.3, -0.25) is 4.90 Å². The van der Waals surface area contributed by atoms with Crippen molar-refractivity contribution >= 4 is 0 Å². The fourth-order valence-corrected chi connectivity index (χ4v) is 3.35. The lowest BCUT2D eigenvalue weighted by molar-refractivity contribution is 0.243. The quantitative estimate of drug-likeness (QED) is 0.750. The Kier molecular flexibility index (Phi) is 3.90. The molecule has 0 atom stereocenters. The monoisotopic (exact) mass is 324 g/mol. The molecule has 0 bridgehead atoms. The molecule has 2 nitrogen and oxygen atoms in total. The van der Waals surface area contributed by atoms with Gasteiger partial charge >= 0.3 is 0 Å². The Morgan fingerprint density at radius 1 is 0.958 bits per heavy atom. The molecular formula is C20H18F2N2. The van der Waals surface area contributed by atoms with Crippen LogP contribution in [-0.4, -0.2) is 16.4 Å². The Morgan fingerprint density at radius 3 is 2.46 bits per heavy atom. The van der Waals surface area contributed by atoms with Gasteiger partial charge in [-0.05, 0) is 35.7 Å². The number of aromatic nitrogens is 1. The second-order valence-corrected chi connectivity index (χ2v) is 6.23. The van der Waals surface area contributed by atoms with Gasteiger partial charge in [0.05, 0.1) is 11.3 Å². The summed E-state index contributed by atoms with van der Waals surface area (Å²) in [4.78, 5) is 5.57. The van der Waals surface area contributed by atoms with Crippen molar-refractivity contribution in [1.82, 2.24) is 9.88 Å². The van der Waals surface area contributed by atoms with Crippen LogP contribution in [0.3, 0.4) is 0 Å². The summed E-state index contributed by atoms with van der Waals surface area (Å²) >= 11 is 0. The second kappa shape index (κ2) is 6.21. The summed E-state index contributed by atoms with van der Waals surface area (Å²) in [5, 5.41) is 0. The first-order valence-corrected chi connectivity index (χ1v) is 8.12. The molecule has 0 saturated heterocycles. The minimum absolute atomic E-state index is 0.0292. The van der Waals surface area contributed by atoms with E-state index in [2.05, 4.69) is 22.0 Å². The molecule has 0 aliphatic carbocycles. The smallest absolute Gasteiger partial charge is 0.135 e. The maximum Gasteiger partial charge on any atom is 0.135 e. The Hall–Kier alpha value is -2.46. The third kappa shape index (κ3) is 2.85. The average molecular weight is 324 g/mol. The van der Waals surface area contributed by atoms with Gasteiger partial charge in [0.15, 0.2) is 0 Å². The number of H-pyrrole nitrogens is 1. The zero-order valence-electron chi connectivity index (χ0n) is 13.2. The standard InChI is InChI=1S/C20H18F2N2/c21-16-7-4-8-17(22)20(16)18-11-15-9-10-24(13-19(15)23-18)12-14-5-2-1-3-6-14/h1-8,11,23H,9-10,12-13H2. The summed E-state index contributed by atoms with van der Waals surface area (Å²) in [5.74, 6) is -1.07. The highest BCUT2D eigenvalue weighted by atomic mass is 19.1. The zero-order valence-corrected chi connectivity index (χ0v) is 13.2. The molecular weight excluding hydrogens is 306 g/mol. The van der Waals surface area contributed by atoms with E-state index in [4.69, 9.17) is 0 Å². The first kappa shape index (κ1) is 15.1. The lowest BCUT2D eigenvalue weighted by Crippen LogP contribution is -2.29. The van der Waals surface area contributed by atoms with Crippen LogP contribution in [0.15, 0.2) is 54.6 Å². The highest BCUT2D eigenvalue weighted by molar-refractivity contribution is 5.63. The minimum atomic E-state index is -0.533. The summed E-state index contributed by atoms with van der Waals surface area (Å²) in [6.07, 6.45) is 0.884. The third-order valence-electron chi connectivity index (χ3n) is 4.55. The van der Waals surface area contributed by atoms with E-state index >= 15 is 0 Å². The Bertz CT molecular complexity index is 835. The van der Waals surface area contributed by atoms with Gasteiger partial charge in [-0.1, -0.05) is 36.4 Å². The topological polar surface area (TPSA) is 19.0 Å². The minimum Gasteiger partial charge on any atom is -0.357 e. The van der Waals surface area contributed by atoms with Crippen LogP contribution >= 0.6 is 0 Å². The summed E-state index contributed by atoms with van der Waals surface area (Å²) in [5.41, 5.74) is 4.03. The number of hydrogen-bond donors (Lipinski definition) is 1. The molecule has 0 unspecified atom stereocenters. The molecule has 2 aromatic carbocycles. The van der Waals surface area contributed by atoms with Crippen LogP contribution in [0.5, 0.6) is 0 Å². The zero-order chi connectivity index (χ0) is 16.5. The van der Waals surface area contributed by atoms with Crippen molar-refractivity contribution in [3.8, 4) is 11.3 Å². The molecule has 4 heteroatoms. The SMILES string of the molecule is Fc1cccc(F)c1-c1cc2c([nH]1)CN(Cc1ccccc1)CC2. The maximum atomic E-state index is 14.0. The van der Waals surface area contributed by atoms with Gasteiger partial charge in [0, 0.05) is 25.3 Å². The van der Waals surface area contributed by atoms with E-state index in [1.807, 2.05) is 24.3 Å². The molecule has 4 rings (SSSR count). The van der Waals surface area contributed by atoms with Gasteiger partial charge in [-0.2, -0.15) is 0 Å². The molecule has 1 aromatic heterocycles. The van der Waals surface area contributed by atoms with Crippen LogP contribution in [0.2, 0.25) is 0 Å². The number of rotatable bonds is 3. The van der Waals surface area contributed by atoms with Crippen molar-refractivity contribution in [2.45, 2.75) is 19.5 Å². The number of hydrogen-bond acceptors (Lipinski definition) is 1. The van der Waals surface area contributed by atoms with Crippen molar-refractivity contribution in [2.24, 2.45) is 0 Å². The van der Waals surface area contributed by atoms with Gasteiger partial charge in [0.1, 0.15) is 11.6 Å². The molecule has 1 N–H and O–H groups in total. The molecule has 1 aliphatic heterocycles. The first-order chi connectivity index (χ1) is 11.7. The van der Waals surface area contributed by atoms with Gasteiger partial charge in [-0.25, -0.2) is 8.78 Å². The van der Waals surface area contributed by atoms with Crippen LogP contribution in [0.4, 0.5) is 8.78 Å². The van der Waals surface area contributed by atoms with Crippen molar-refractivity contribution < 1.29 is 8.78 Å². The Morgan fingerprint density at radius 2 is 1.71 bits per heavy atom. The molecule has 0 radical (unpaired) electrons.